The first kappa shape index (κ1) is 27.8. The van der Waals surface area contributed by atoms with E-state index in [0.29, 0.717) is 44.9 Å². The lowest BCUT2D eigenvalue weighted by Gasteiger charge is -2.30. The van der Waals surface area contributed by atoms with Crippen LogP contribution in [0.1, 0.15) is 28.8 Å². The lowest BCUT2D eigenvalue weighted by atomic mass is 9.83. The number of rotatable bonds is 8. The van der Waals surface area contributed by atoms with Gasteiger partial charge in [-0.15, -0.1) is 0 Å². The highest BCUT2D eigenvalue weighted by atomic mass is 32.2. The van der Waals surface area contributed by atoms with E-state index in [-0.39, 0.29) is 29.2 Å². The highest BCUT2D eigenvalue weighted by molar-refractivity contribution is 8.00. The Labute approximate surface area is 249 Å². The predicted octanol–water partition coefficient (Wildman–Crippen LogP) is 4.96. The van der Waals surface area contributed by atoms with Crippen LogP contribution in [0.25, 0.3) is 0 Å². The number of thioether (sulfide) groups is 1. The van der Waals surface area contributed by atoms with E-state index >= 15 is 0 Å². The molecule has 0 bridgehead atoms. The maximum atomic E-state index is 13.9. The van der Waals surface area contributed by atoms with E-state index < -0.39 is 17.1 Å². The number of aryl methyl sites for hydroxylation is 1. The van der Waals surface area contributed by atoms with Crippen molar-refractivity contribution < 1.29 is 23.9 Å². The van der Waals surface area contributed by atoms with Gasteiger partial charge in [0.15, 0.2) is 18.1 Å². The number of anilines is 2. The van der Waals surface area contributed by atoms with Gasteiger partial charge >= 0.3 is 4.87 Å². The summed E-state index contributed by atoms with van der Waals surface area (Å²) in [6.07, 6.45) is 0. The number of imide groups is 1. The van der Waals surface area contributed by atoms with Gasteiger partial charge < -0.3 is 19.8 Å². The predicted molar refractivity (Wildman–Crippen MR) is 162 cm³/mol. The second kappa shape index (κ2) is 11.5. The Morgan fingerprint density at radius 3 is 2.48 bits per heavy atom. The molecule has 9 nitrogen and oxygen atoms in total. The van der Waals surface area contributed by atoms with Gasteiger partial charge in [0.1, 0.15) is 5.25 Å². The van der Waals surface area contributed by atoms with E-state index in [9.17, 15) is 19.2 Å². The second-order valence-electron chi connectivity index (χ2n) is 9.89. The molecular formula is C31H27N3O6S2. The fourth-order valence-corrected chi connectivity index (χ4v) is 7.87. The van der Waals surface area contributed by atoms with Crippen LogP contribution in [0.5, 0.6) is 11.5 Å². The third-order valence-electron chi connectivity index (χ3n) is 7.24. The molecule has 2 aliphatic heterocycles. The monoisotopic (exact) mass is 601 g/mol. The summed E-state index contributed by atoms with van der Waals surface area (Å²) in [5.41, 5.74) is 2.86. The first-order valence-electron chi connectivity index (χ1n) is 13.4. The third-order valence-corrected chi connectivity index (χ3v) is 9.64. The van der Waals surface area contributed by atoms with E-state index in [1.165, 1.54) is 16.7 Å². The largest absolute Gasteiger partial charge is 0.490 e. The molecule has 3 atom stereocenters. The molecule has 1 aromatic heterocycles. The van der Waals surface area contributed by atoms with Crippen LogP contribution in [0, 0.1) is 12.8 Å². The molecule has 0 saturated carbocycles. The van der Waals surface area contributed by atoms with Gasteiger partial charge in [0.25, 0.3) is 5.91 Å². The van der Waals surface area contributed by atoms with E-state index in [1.54, 1.807) is 42.5 Å². The van der Waals surface area contributed by atoms with Crippen molar-refractivity contribution in [1.82, 2.24) is 4.98 Å². The number of hydrogen-bond acceptors (Lipinski definition) is 8. The SMILES string of the molecule is CCOc1cc([C@@H]2c3sc(=O)[nH]c3S[C@H]3C(=O)N(c4ccccc4)C(=O)[C@@H]23)ccc1OCC(=O)Nc1ccccc1C. The molecule has 1 saturated heterocycles. The number of aromatic nitrogens is 1. The number of fused-ring (bicyclic) bond motifs is 2. The van der Waals surface area contributed by atoms with Crippen molar-refractivity contribution in [2.75, 3.05) is 23.4 Å². The van der Waals surface area contributed by atoms with Crippen molar-refractivity contribution in [3.63, 3.8) is 0 Å². The molecule has 2 aliphatic rings. The fourth-order valence-electron chi connectivity index (χ4n) is 5.36. The molecule has 3 amide bonds. The summed E-state index contributed by atoms with van der Waals surface area (Å²) in [5.74, 6) is -1.46. The number of amides is 3. The van der Waals surface area contributed by atoms with Gasteiger partial charge in [-0.3, -0.25) is 19.2 Å². The number of carbonyl (C=O) groups excluding carboxylic acids is 3. The molecule has 0 unspecified atom stereocenters. The summed E-state index contributed by atoms with van der Waals surface area (Å²) in [5, 5.41) is 2.75. The zero-order chi connectivity index (χ0) is 29.4. The molecule has 0 radical (unpaired) electrons. The van der Waals surface area contributed by atoms with E-state index in [1.807, 2.05) is 44.2 Å². The minimum absolute atomic E-state index is 0.235. The number of nitrogens with one attached hydrogen (secondary N) is 2. The van der Waals surface area contributed by atoms with Crippen LogP contribution in [0.15, 0.2) is 82.6 Å². The van der Waals surface area contributed by atoms with Gasteiger partial charge in [-0.25, -0.2) is 4.90 Å². The molecule has 11 heteroatoms. The standard InChI is InChI=1S/C31H27N3O6S2/c1-3-39-22-15-18(13-14-21(22)40-16-23(35)32-20-12-8-7-9-17(20)2)24-25-27(41-28-26(24)42-31(38)33-28)30(37)34(29(25)36)19-10-5-4-6-11-19/h4-15,24-25,27H,3,16H2,1-2H3,(H,32,35)(H,33,38)/t24-,25-,27+/m0/s1. The lowest BCUT2D eigenvalue weighted by Crippen LogP contribution is -2.32. The van der Waals surface area contributed by atoms with Crippen molar-refractivity contribution in [3.05, 3.63) is 98.5 Å². The Morgan fingerprint density at radius 1 is 0.952 bits per heavy atom. The van der Waals surface area contributed by atoms with E-state index in [4.69, 9.17) is 9.47 Å². The number of thiazole rings is 1. The van der Waals surface area contributed by atoms with Crippen LogP contribution in [-0.4, -0.2) is 41.2 Å². The molecule has 4 aromatic rings. The topological polar surface area (TPSA) is 118 Å². The van der Waals surface area contributed by atoms with Gasteiger partial charge in [-0.2, -0.15) is 0 Å². The quantitative estimate of drug-likeness (QED) is 0.274. The summed E-state index contributed by atoms with van der Waals surface area (Å²) in [7, 11) is 0. The summed E-state index contributed by atoms with van der Waals surface area (Å²) in [6, 6.07) is 21.6. The van der Waals surface area contributed by atoms with Crippen LogP contribution in [-0.2, 0) is 14.4 Å². The number of nitrogens with zero attached hydrogens (tertiary/aromatic N) is 1. The Bertz CT molecular complexity index is 1730. The molecule has 2 N–H and O–H groups in total. The normalized spacial score (nSPS) is 19.3. The third kappa shape index (κ3) is 5.10. The van der Waals surface area contributed by atoms with Crippen LogP contribution in [0.2, 0.25) is 0 Å². The highest BCUT2D eigenvalue weighted by Gasteiger charge is 2.56. The average molecular weight is 602 g/mol. The van der Waals surface area contributed by atoms with Gasteiger partial charge in [-0.05, 0) is 55.3 Å². The van der Waals surface area contributed by atoms with Crippen LogP contribution in [0.4, 0.5) is 11.4 Å². The summed E-state index contributed by atoms with van der Waals surface area (Å²) >= 11 is 2.27. The van der Waals surface area contributed by atoms with Crippen molar-refractivity contribution in [1.29, 1.82) is 0 Å². The molecule has 6 rings (SSSR count). The smallest absolute Gasteiger partial charge is 0.305 e. The molecule has 214 valence electrons. The Morgan fingerprint density at radius 2 is 1.71 bits per heavy atom. The number of H-pyrrole nitrogens is 1. The first-order valence-corrected chi connectivity index (χ1v) is 15.1. The zero-order valence-corrected chi connectivity index (χ0v) is 24.4. The van der Waals surface area contributed by atoms with E-state index in [2.05, 4.69) is 10.3 Å². The van der Waals surface area contributed by atoms with Gasteiger partial charge in [0.05, 0.1) is 23.2 Å². The highest BCUT2D eigenvalue weighted by Crippen LogP contribution is 2.53. The maximum absolute atomic E-state index is 13.9. The molecule has 0 spiro atoms. The first-order chi connectivity index (χ1) is 20.4. The second-order valence-corrected chi connectivity index (χ2v) is 12.1. The number of aromatic amines is 1. The Kier molecular flexibility index (Phi) is 7.61. The summed E-state index contributed by atoms with van der Waals surface area (Å²) in [4.78, 5) is 57.1. The molecular weight excluding hydrogens is 574 g/mol. The summed E-state index contributed by atoms with van der Waals surface area (Å²) in [6.45, 7) is 3.84. The van der Waals surface area contributed by atoms with Gasteiger partial charge in [0, 0.05) is 16.5 Å². The minimum atomic E-state index is -0.720. The average Bonchev–Trinajstić information content (AvgIpc) is 3.48. The number of carbonyl (C=O) groups is 3. The molecule has 0 aliphatic carbocycles. The van der Waals surface area contributed by atoms with Gasteiger partial charge in [0.2, 0.25) is 11.8 Å². The Hall–Kier alpha value is -4.35. The summed E-state index contributed by atoms with van der Waals surface area (Å²) < 4.78 is 11.7. The molecule has 3 aromatic carbocycles. The lowest BCUT2D eigenvalue weighted by molar-refractivity contribution is -0.122. The van der Waals surface area contributed by atoms with Crippen molar-refractivity contribution in [3.8, 4) is 11.5 Å². The maximum Gasteiger partial charge on any atom is 0.305 e. The van der Waals surface area contributed by atoms with Crippen molar-refractivity contribution in [2.24, 2.45) is 5.92 Å². The number of ether oxygens (including phenoxy) is 2. The van der Waals surface area contributed by atoms with Gasteiger partial charge in [-0.1, -0.05) is 65.6 Å². The van der Waals surface area contributed by atoms with Crippen LogP contribution < -0.4 is 24.6 Å². The van der Waals surface area contributed by atoms with E-state index in [0.717, 1.165) is 16.9 Å². The zero-order valence-electron chi connectivity index (χ0n) is 22.8. The van der Waals surface area contributed by atoms with Crippen LogP contribution >= 0.6 is 23.1 Å². The Balaban J connectivity index is 1.32. The minimum Gasteiger partial charge on any atom is -0.490 e. The molecule has 3 heterocycles. The number of para-hydroxylation sites is 2. The van der Waals surface area contributed by atoms with Crippen molar-refractivity contribution >= 4 is 52.2 Å². The van der Waals surface area contributed by atoms with Crippen LogP contribution in [0.3, 0.4) is 0 Å². The molecule has 1 fully saturated rings. The number of hydrogen-bond donors (Lipinski definition) is 2. The number of benzene rings is 3. The fraction of sp³-hybridized carbons (Fsp3) is 0.226. The van der Waals surface area contributed by atoms with Crippen molar-refractivity contribution in [2.45, 2.75) is 30.0 Å². The molecule has 42 heavy (non-hydrogen) atoms.